The molecule has 6 rings (SSSR count). The maximum atomic E-state index is 13.8. The molecule has 3 heterocycles. The van der Waals surface area contributed by atoms with Crippen LogP contribution >= 0.6 is 11.8 Å². The third-order valence-electron chi connectivity index (χ3n) is 14.5. The zero-order valence-electron chi connectivity index (χ0n) is 47.7. The van der Waals surface area contributed by atoms with Gasteiger partial charge >= 0.3 is 18.0 Å². The minimum atomic E-state index is -4.33. The van der Waals surface area contributed by atoms with Gasteiger partial charge in [-0.25, -0.2) is 18.0 Å². The summed E-state index contributed by atoms with van der Waals surface area (Å²) in [5, 5.41) is 23.9. The predicted molar refractivity (Wildman–Crippen MR) is 312 cm³/mol. The van der Waals surface area contributed by atoms with E-state index in [1.165, 1.54) is 43.5 Å². The molecule has 458 valence electrons. The van der Waals surface area contributed by atoms with Gasteiger partial charge in [0.25, 0.3) is 5.91 Å². The van der Waals surface area contributed by atoms with E-state index in [-0.39, 0.29) is 113 Å². The third-order valence-corrected chi connectivity index (χ3v) is 17.5. The van der Waals surface area contributed by atoms with Crippen LogP contribution in [-0.2, 0) is 65.9 Å². The number of sulfonamides is 1. The van der Waals surface area contributed by atoms with Gasteiger partial charge in [-0.05, 0) is 132 Å². The Morgan fingerprint density at radius 3 is 2.17 bits per heavy atom. The standard InChI is InChI=1S/C59H85N7O15S2/c1-66-28-24-43(25-29-66)12-8-10-30-80-47-22-20-44(21-23-47)38-50(58(72)81-40-45-13-3-2-4-14-45)65-83(74,75)48-16-11-15-46(39-48)56(69)61-27-31-76-32-33-77-34-35-78-36-37-79-41-54(68)62-49(57(70)71)17-7-9-26-60-53(67)19-6-5-18-52-55-51(42-82-52)63-59(73)64-55/h2-4,11,13-16,20-23,39,43,49-52,55,65H,5-10,12,17-19,24-38,40-42H2,1H3,(H,60,67)(H,61,69)(H,62,68)(H,70,71)(H2,63,64,73)/t49-,50-,51-,52-,55-/m0/s1. The van der Waals surface area contributed by atoms with Crippen molar-refractivity contribution in [2.45, 2.75) is 124 Å². The lowest BCUT2D eigenvalue weighted by molar-refractivity contribution is -0.147. The zero-order valence-corrected chi connectivity index (χ0v) is 49.3. The molecular formula is C59H85N7O15S2. The van der Waals surface area contributed by atoms with E-state index in [2.05, 4.69) is 43.3 Å². The average Bonchev–Trinajstić information content (AvgIpc) is 4.25. The van der Waals surface area contributed by atoms with Crippen LogP contribution in [-0.4, -0.2) is 182 Å². The van der Waals surface area contributed by atoms with Gasteiger partial charge in [0, 0.05) is 36.1 Å². The number of urea groups is 1. The van der Waals surface area contributed by atoms with Crippen LogP contribution in [0.2, 0.25) is 0 Å². The molecule has 0 bridgehead atoms. The maximum absolute atomic E-state index is 13.8. The Balaban J connectivity index is 0.778. The van der Waals surface area contributed by atoms with Crippen LogP contribution in [0.25, 0.3) is 0 Å². The Morgan fingerprint density at radius 2 is 1.43 bits per heavy atom. The molecule has 0 unspecified atom stereocenters. The second kappa shape index (κ2) is 36.8. The van der Waals surface area contributed by atoms with Crippen LogP contribution < -0.4 is 36.0 Å². The lowest BCUT2D eigenvalue weighted by Crippen LogP contribution is -2.43. The van der Waals surface area contributed by atoms with E-state index in [0.717, 1.165) is 62.4 Å². The minimum absolute atomic E-state index is 0.00309. The summed E-state index contributed by atoms with van der Waals surface area (Å²) in [5.74, 6) is -0.684. The van der Waals surface area contributed by atoms with E-state index in [0.29, 0.717) is 49.0 Å². The monoisotopic (exact) mass is 1200 g/mol. The van der Waals surface area contributed by atoms with Crippen LogP contribution in [0.1, 0.15) is 98.5 Å². The molecule has 83 heavy (non-hydrogen) atoms. The number of amides is 5. The Bertz CT molecular complexity index is 2580. The number of likely N-dealkylation sites (tertiary alicyclic amines) is 1. The lowest BCUT2D eigenvalue weighted by Gasteiger charge is -2.28. The van der Waals surface area contributed by atoms with Gasteiger partial charge in [-0.15, -0.1) is 0 Å². The summed E-state index contributed by atoms with van der Waals surface area (Å²) < 4.78 is 63.7. The van der Waals surface area contributed by atoms with Gasteiger partial charge in [0.1, 0.15) is 31.0 Å². The molecule has 3 aliphatic heterocycles. The van der Waals surface area contributed by atoms with Gasteiger partial charge in [0.15, 0.2) is 0 Å². The van der Waals surface area contributed by atoms with Crippen molar-refractivity contribution in [2.75, 3.05) is 98.4 Å². The highest BCUT2D eigenvalue weighted by Crippen LogP contribution is 2.33. The van der Waals surface area contributed by atoms with E-state index < -0.39 is 45.9 Å². The molecule has 5 amide bonds. The second-order valence-electron chi connectivity index (χ2n) is 21.1. The van der Waals surface area contributed by atoms with Crippen molar-refractivity contribution < 1.29 is 70.7 Å². The number of ether oxygens (including phenoxy) is 6. The van der Waals surface area contributed by atoms with Gasteiger partial charge in [0.2, 0.25) is 21.8 Å². The van der Waals surface area contributed by atoms with Crippen molar-refractivity contribution in [3.05, 3.63) is 95.6 Å². The van der Waals surface area contributed by atoms with Gasteiger partial charge < -0.3 is 65.0 Å². The number of nitrogens with one attached hydrogen (secondary N) is 6. The number of nitrogens with zero attached hydrogens (tertiary/aromatic N) is 1. The summed E-state index contributed by atoms with van der Waals surface area (Å²) in [6.45, 7) is 4.52. The molecule has 0 aliphatic carbocycles. The average molecular weight is 1200 g/mol. The number of fused-ring (bicyclic) bond motifs is 1. The number of carbonyl (C=O) groups excluding carboxylic acids is 5. The number of esters is 1. The van der Waals surface area contributed by atoms with Gasteiger partial charge in [-0.3, -0.25) is 19.2 Å². The van der Waals surface area contributed by atoms with Crippen LogP contribution in [0.15, 0.2) is 83.8 Å². The first-order chi connectivity index (χ1) is 40.2. The van der Waals surface area contributed by atoms with Crippen molar-refractivity contribution in [1.82, 2.24) is 36.2 Å². The first-order valence-corrected chi connectivity index (χ1v) is 31.6. The number of piperidine rings is 1. The molecule has 0 saturated carbocycles. The number of carboxylic acid groups (broad SMARTS) is 1. The first kappa shape index (κ1) is 66.3. The smallest absolute Gasteiger partial charge is 0.326 e. The summed E-state index contributed by atoms with van der Waals surface area (Å²) in [4.78, 5) is 76.7. The fourth-order valence-electron chi connectivity index (χ4n) is 9.82. The first-order valence-electron chi connectivity index (χ1n) is 29.0. The maximum Gasteiger partial charge on any atom is 0.326 e. The molecule has 0 radical (unpaired) electrons. The number of rotatable bonds is 41. The highest BCUT2D eigenvalue weighted by molar-refractivity contribution is 8.00. The molecule has 0 aromatic heterocycles. The fourth-order valence-corrected chi connectivity index (χ4v) is 12.6. The summed E-state index contributed by atoms with van der Waals surface area (Å²) in [6.07, 6.45) is 10.00. The van der Waals surface area contributed by atoms with Gasteiger partial charge in [0.05, 0.1) is 69.8 Å². The van der Waals surface area contributed by atoms with Crippen molar-refractivity contribution in [1.29, 1.82) is 0 Å². The Hall–Kier alpha value is -5.86. The normalized spacial score (nSPS) is 17.8. The minimum Gasteiger partial charge on any atom is -0.494 e. The number of benzene rings is 3. The van der Waals surface area contributed by atoms with Crippen molar-refractivity contribution in [3.8, 4) is 5.75 Å². The second-order valence-corrected chi connectivity index (χ2v) is 24.0. The van der Waals surface area contributed by atoms with Crippen molar-refractivity contribution >= 4 is 57.5 Å². The molecule has 3 aliphatic rings. The highest BCUT2D eigenvalue weighted by Gasteiger charge is 2.42. The number of unbranched alkanes of at least 4 members (excludes halogenated alkanes) is 3. The quantitative estimate of drug-likeness (QED) is 0.0232. The largest absolute Gasteiger partial charge is 0.494 e. The Labute approximate surface area is 492 Å². The number of carbonyl (C=O) groups is 6. The van der Waals surface area contributed by atoms with E-state index in [9.17, 15) is 42.3 Å². The van der Waals surface area contributed by atoms with Gasteiger partial charge in [-0.1, -0.05) is 61.4 Å². The predicted octanol–water partition coefficient (Wildman–Crippen LogP) is 4.59. The molecule has 24 heteroatoms. The number of aliphatic carboxylic acids is 1. The van der Waals surface area contributed by atoms with E-state index in [1.54, 1.807) is 24.3 Å². The zero-order chi connectivity index (χ0) is 59.1. The molecule has 5 atom stereocenters. The fraction of sp³-hybridized carbons (Fsp3) is 0.593. The van der Waals surface area contributed by atoms with Gasteiger partial charge in [-0.2, -0.15) is 16.5 Å². The molecule has 3 saturated heterocycles. The Morgan fingerprint density at radius 1 is 0.723 bits per heavy atom. The molecular weight excluding hydrogens is 1110 g/mol. The number of carboxylic acids is 1. The van der Waals surface area contributed by atoms with Crippen molar-refractivity contribution in [3.63, 3.8) is 0 Å². The Kier molecular flexibility index (Phi) is 29.4. The lowest BCUT2D eigenvalue weighted by atomic mass is 9.92. The number of hydrogen-bond acceptors (Lipinski definition) is 16. The molecule has 3 fully saturated rings. The number of hydrogen-bond donors (Lipinski definition) is 7. The molecule has 7 N–H and O–H groups in total. The summed E-state index contributed by atoms with van der Waals surface area (Å²) >= 11 is 1.85. The highest BCUT2D eigenvalue weighted by atomic mass is 32.2. The van der Waals surface area contributed by atoms with E-state index >= 15 is 0 Å². The summed E-state index contributed by atoms with van der Waals surface area (Å²) in [5.41, 5.74) is 1.53. The summed E-state index contributed by atoms with van der Waals surface area (Å²) in [7, 11) is -2.15. The van der Waals surface area contributed by atoms with Crippen LogP contribution in [0, 0.1) is 5.92 Å². The topological polar surface area (TPSA) is 288 Å². The molecule has 3 aromatic rings. The molecule has 3 aromatic carbocycles. The van der Waals surface area contributed by atoms with Crippen LogP contribution in [0.3, 0.4) is 0 Å². The van der Waals surface area contributed by atoms with Crippen molar-refractivity contribution in [2.24, 2.45) is 5.92 Å². The number of thioether (sulfide) groups is 1. The summed E-state index contributed by atoms with van der Waals surface area (Å²) in [6, 6.07) is 19.7. The third kappa shape index (κ3) is 25.1. The SMILES string of the molecule is CN1CCC(CCCCOc2ccc(C[C@H](NS(=O)(=O)c3cccc(C(=O)NCCOCCOCCOCCOCC(=O)N[C@@H](CCCCNC(=O)CCCC[C@@H]4SC[C@@H]5NC(=O)N[C@@H]54)C(=O)O)c3)C(=O)OCc3ccccc3)cc2)CC1. The molecule has 0 spiro atoms. The molecule has 22 nitrogen and oxygen atoms in total. The van der Waals surface area contributed by atoms with Crippen LogP contribution in [0.5, 0.6) is 5.75 Å². The van der Waals surface area contributed by atoms with E-state index in [4.69, 9.17) is 28.4 Å². The van der Waals surface area contributed by atoms with Crippen LogP contribution in [0.4, 0.5) is 4.79 Å². The van der Waals surface area contributed by atoms with E-state index in [1.807, 2.05) is 42.1 Å².